The van der Waals surface area contributed by atoms with Gasteiger partial charge in [-0.2, -0.15) is 0 Å². The van der Waals surface area contributed by atoms with E-state index < -0.39 is 5.63 Å². The molecule has 0 radical (unpaired) electrons. The molecule has 8 nitrogen and oxygen atoms in total. The van der Waals surface area contributed by atoms with E-state index in [1.165, 1.54) is 0 Å². The molecule has 0 spiro atoms. The smallest absolute Gasteiger partial charge is 0.347 e. The second-order valence-corrected chi connectivity index (χ2v) is 6.27. The van der Waals surface area contributed by atoms with Crippen LogP contribution in [0.15, 0.2) is 43.5 Å². The van der Waals surface area contributed by atoms with Crippen molar-refractivity contribution in [3.63, 3.8) is 0 Å². The first-order chi connectivity index (χ1) is 13.2. The molecule has 0 bridgehead atoms. The number of fused-ring (bicyclic) bond motifs is 1. The number of hydrogen-bond donors (Lipinski definition) is 2. The Morgan fingerprint density at radius 1 is 1.30 bits per heavy atom. The summed E-state index contributed by atoms with van der Waals surface area (Å²) in [5.41, 5.74) is 2.10. The van der Waals surface area contributed by atoms with Crippen molar-refractivity contribution < 1.29 is 4.42 Å². The highest BCUT2D eigenvalue weighted by Crippen LogP contribution is 2.26. The molecule has 27 heavy (non-hydrogen) atoms. The van der Waals surface area contributed by atoms with E-state index >= 15 is 0 Å². The third-order valence-corrected chi connectivity index (χ3v) is 4.58. The van der Waals surface area contributed by atoms with Crippen LogP contribution >= 0.6 is 0 Å². The molecule has 0 atom stereocenters. The van der Waals surface area contributed by atoms with Crippen molar-refractivity contribution in [3.8, 4) is 11.4 Å². The zero-order valence-electron chi connectivity index (χ0n) is 15.0. The number of nitrogens with zero attached hydrogens (tertiary/aromatic N) is 4. The number of nitrogens with one attached hydrogen (secondary N) is 2. The van der Waals surface area contributed by atoms with Gasteiger partial charge in [0.1, 0.15) is 22.7 Å². The van der Waals surface area contributed by atoms with Crippen LogP contribution in [0.3, 0.4) is 0 Å². The first kappa shape index (κ1) is 17.2. The van der Waals surface area contributed by atoms with E-state index in [4.69, 9.17) is 4.42 Å². The summed E-state index contributed by atoms with van der Waals surface area (Å²) in [6, 6.07) is 7.70. The van der Waals surface area contributed by atoms with Crippen molar-refractivity contribution in [3.05, 3.63) is 40.4 Å². The number of benzene rings is 1. The largest absolute Gasteiger partial charge is 0.422 e. The van der Waals surface area contributed by atoms with Crippen LogP contribution in [0.25, 0.3) is 22.4 Å². The Morgan fingerprint density at radius 3 is 2.85 bits per heavy atom. The van der Waals surface area contributed by atoms with Crippen LogP contribution in [-0.2, 0) is 0 Å². The lowest BCUT2D eigenvalue weighted by Crippen LogP contribution is -2.43. The average molecular weight is 364 g/mol. The monoisotopic (exact) mass is 364 g/mol. The summed E-state index contributed by atoms with van der Waals surface area (Å²) < 4.78 is 5.58. The maximum atomic E-state index is 12.6. The van der Waals surface area contributed by atoms with Gasteiger partial charge in [0.2, 0.25) is 0 Å². The predicted octanol–water partition coefficient (Wildman–Crippen LogP) is 1.97. The van der Waals surface area contributed by atoms with Crippen LogP contribution in [0.4, 0.5) is 11.5 Å². The van der Waals surface area contributed by atoms with E-state index in [2.05, 4.69) is 36.9 Å². The molecule has 4 rings (SSSR count). The van der Waals surface area contributed by atoms with E-state index in [1.807, 2.05) is 18.2 Å². The molecular weight excluding hydrogens is 344 g/mol. The third kappa shape index (κ3) is 3.26. The molecule has 0 unspecified atom stereocenters. The summed E-state index contributed by atoms with van der Waals surface area (Å²) in [5, 5.41) is 4.16. The maximum Gasteiger partial charge on any atom is 0.347 e. The second-order valence-electron chi connectivity index (χ2n) is 6.27. The summed E-state index contributed by atoms with van der Waals surface area (Å²) in [6.07, 6.45) is 1.59. The molecule has 1 aliphatic rings. The lowest BCUT2D eigenvalue weighted by molar-refractivity contribution is 0.561. The summed E-state index contributed by atoms with van der Waals surface area (Å²) in [7, 11) is 1.65. The average Bonchev–Trinajstić information content (AvgIpc) is 3.10. The molecule has 2 N–H and O–H groups in total. The van der Waals surface area contributed by atoms with Crippen molar-refractivity contribution in [2.24, 2.45) is 9.98 Å². The van der Waals surface area contributed by atoms with E-state index in [0.717, 1.165) is 37.3 Å². The van der Waals surface area contributed by atoms with E-state index in [0.29, 0.717) is 28.5 Å². The Labute approximate surface area is 155 Å². The fraction of sp³-hybridized carbons (Fsp3) is 0.263. The number of piperazine rings is 1. The van der Waals surface area contributed by atoms with E-state index in [9.17, 15) is 4.79 Å². The Bertz CT molecular complexity index is 1080. The second kappa shape index (κ2) is 7.16. The standard InChI is InChI=1S/C19H20N6O2/c1-20-11-15-18(21-2)24-17(23-15)14-9-12-3-4-13(10-16(12)27-19(14)26)25-7-5-22-6-8-25/h3-4,9-11,22H,2,5-8H2,1H3,(H,23,24). The summed E-state index contributed by atoms with van der Waals surface area (Å²) in [5.74, 6) is 0.776. The number of H-pyrrole nitrogens is 1. The van der Waals surface area contributed by atoms with Gasteiger partial charge >= 0.3 is 5.63 Å². The molecule has 3 heterocycles. The number of aromatic nitrogens is 2. The Morgan fingerprint density at radius 2 is 2.11 bits per heavy atom. The van der Waals surface area contributed by atoms with Gasteiger partial charge < -0.3 is 19.6 Å². The SMILES string of the molecule is C=Nc1nc(-c2cc3ccc(N4CCNCC4)cc3oc2=O)[nH]c1C=NC. The lowest BCUT2D eigenvalue weighted by atomic mass is 10.1. The van der Waals surface area contributed by atoms with Gasteiger partial charge in [0.25, 0.3) is 0 Å². The zero-order chi connectivity index (χ0) is 18.8. The number of aliphatic imine (C=N–C) groups is 2. The number of imidazole rings is 1. The molecule has 8 heteroatoms. The van der Waals surface area contributed by atoms with Gasteiger partial charge in [0.15, 0.2) is 5.82 Å². The first-order valence-corrected chi connectivity index (χ1v) is 8.72. The van der Waals surface area contributed by atoms with E-state index in [-0.39, 0.29) is 0 Å². The Kier molecular flexibility index (Phi) is 4.55. The maximum absolute atomic E-state index is 12.6. The van der Waals surface area contributed by atoms with Crippen molar-refractivity contribution >= 4 is 35.4 Å². The summed E-state index contributed by atoms with van der Waals surface area (Å²) in [4.78, 5) is 30.0. The molecule has 1 aliphatic heterocycles. The van der Waals surface area contributed by atoms with Crippen LogP contribution in [-0.4, -0.2) is 56.1 Å². The van der Waals surface area contributed by atoms with Gasteiger partial charge in [0.05, 0.1) is 0 Å². The van der Waals surface area contributed by atoms with E-state index in [1.54, 1.807) is 19.3 Å². The summed E-state index contributed by atoms with van der Waals surface area (Å²) >= 11 is 0. The van der Waals surface area contributed by atoms with Gasteiger partial charge in [-0.25, -0.2) is 14.8 Å². The molecule has 2 aromatic heterocycles. The highest BCUT2D eigenvalue weighted by molar-refractivity contribution is 5.87. The first-order valence-electron chi connectivity index (χ1n) is 8.72. The zero-order valence-corrected chi connectivity index (χ0v) is 15.0. The normalized spacial score (nSPS) is 14.9. The number of aromatic amines is 1. The molecule has 0 amide bonds. The molecule has 0 aliphatic carbocycles. The minimum absolute atomic E-state index is 0.345. The van der Waals surface area contributed by atoms with Crippen LogP contribution in [0.2, 0.25) is 0 Å². The molecule has 0 saturated carbocycles. The fourth-order valence-electron chi connectivity index (χ4n) is 3.23. The molecule has 1 saturated heterocycles. The minimum atomic E-state index is -0.454. The topological polar surface area (TPSA) is 98.9 Å². The van der Waals surface area contributed by atoms with Crippen molar-refractivity contribution in [1.29, 1.82) is 0 Å². The quantitative estimate of drug-likeness (QED) is 0.545. The molecule has 138 valence electrons. The van der Waals surface area contributed by atoms with Gasteiger partial charge in [-0.3, -0.25) is 4.99 Å². The third-order valence-electron chi connectivity index (χ3n) is 4.58. The molecular formula is C19H20N6O2. The highest BCUT2D eigenvalue weighted by atomic mass is 16.4. The van der Waals surface area contributed by atoms with Crippen molar-refractivity contribution in [1.82, 2.24) is 15.3 Å². The van der Waals surface area contributed by atoms with Gasteiger partial charge in [-0.05, 0) is 24.9 Å². The lowest BCUT2D eigenvalue weighted by Gasteiger charge is -2.29. The van der Waals surface area contributed by atoms with Crippen molar-refractivity contribution in [2.45, 2.75) is 0 Å². The van der Waals surface area contributed by atoms with Crippen LogP contribution in [0, 0.1) is 0 Å². The summed E-state index contributed by atoms with van der Waals surface area (Å²) in [6.45, 7) is 7.26. The number of hydrogen-bond acceptors (Lipinski definition) is 7. The predicted molar refractivity (Wildman–Crippen MR) is 108 cm³/mol. The minimum Gasteiger partial charge on any atom is -0.422 e. The fourth-order valence-corrected chi connectivity index (χ4v) is 3.23. The van der Waals surface area contributed by atoms with Gasteiger partial charge in [-0.15, -0.1) is 0 Å². The highest BCUT2D eigenvalue weighted by Gasteiger charge is 2.16. The Balaban J connectivity index is 1.76. The molecule has 1 aromatic carbocycles. The Hall–Kier alpha value is -3.26. The van der Waals surface area contributed by atoms with Crippen molar-refractivity contribution in [2.75, 3.05) is 38.1 Å². The number of rotatable bonds is 4. The number of anilines is 1. The van der Waals surface area contributed by atoms with Gasteiger partial charge in [0, 0.05) is 56.6 Å². The molecule has 1 fully saturated rings. The van der Waals surface area contributed by atoms with Crippen LogP contribution in [0.5, 0.6) is 0 Å². The van der Waals surface area contributed by atoms with Crippen LogP contribution < -0.4 is 15.8 Å². The van der Waals surface area contributed by atoms with Gasteiger partial charge in [-0.1, -0.05) is 0 Å². The molecule has 3 aromatic rings. The van der Waals surface area contributed by atoms with Crippen LogP contribution in [0.1, 0.15) is 5.69 Å².